The lowest BCUT2D eigenvalue weighted by molar-refractivity contribution is 0.0690. The van der Waals surface area contributed by atoms with Crippen molar-refractivity contribution in [2.75, 3.05) is 32.5 Å². The fourth-order valence-corrected chi connectivity index (χ4v) is 2.00. The molecular formula is C14H22N4O3. The first-order valence-corrected chi connectivity index (χ1v) is 6.58. The van der Waals surface area contributed by atoms with Crippen molar-refractivity contribution in [1.82, 2.24) is 15.2 Å². The van der Waals surface area contributed by atoms with Crippen LogP contribution in [0.25, 0.3) is 0 Å². The summed E-state index contributed by atoms with van der Waals surface area (Å²) >= 11 is 0. The second kappa shape index (κ2) is 7.03. The first-order valence-electron chi connectivity index (χ1n) is 6.58. The standard InChI is InChI=1S/C14H22N4O3/c1-14(2,9-18(3)4)8-16-13(21)17-10-5-6-11(12(19)20)15-7-10/h5-7H,8-9H2,1-4H3,(H,19,20)(H2,16,17,21). The molecule has 0 atom stereocenters. The molecule has 1 aromatic rings. The monoisotopic (exact) mass is 294 g/mol. The third-order valence-corrected chi connectivity index (χ3v) is 2.71. The molecule has 0 aliphatic rings. The van der Waals surface area contributed by atoms with E-state index in [2.05, 4.69) is 34.4 Å². The number of rotatable bonds is 6. The molecule has 7 nitrogen and oxygen atoms in total. The molecule has 0 spiro atoms. The Morgan fingerprint density at radius 1 is 1.33 bits per heavy atom. The number of carboxylic acids is 1. The Morgan fingerprint density at radius 2 is 2.00 bits per heavy atom. The van der Waals surface area contributed by atoms with E-state index in [1.54, 1.807) is 0 Å². The van der Waals surface area contributed by atoms with Crippen LogP contribution in [-0.4, -0.2) is 54.2 Å². The number of carboxylic acid groups (broad SMARTS) is 1. The molecular weight excluding hydrogens is 272 g/mol. The minimum Gasteiger partial charge on any atom is -0.477 e. The second-order valence-electron chi connectivity index (χ2n) is 5.95. The van der Waals surface area contributed by atoms with E-state index < -0.39 is 5.97 Å². The van der Waals surface area contributed by atoms with E-state index in [1.807, 2.05) is 14.1 Å². The molecule has 7 heteroatoms. The summed E-state index contributed by atoms with van der Waals surface area (Å²) in [6, 6.07) is 2.50. The van der Waals surface area contributed by atoms with Gasteiger partial charge in [0.15, 0.2) is 0 Å². The Kier molecular flexibility index (Phi) is 5.66. The molecule has 0 radical (unpaired) electrons. The van der Waals surface area contributed by atoms with Crippen LogP contribution in [0, 0.1) is 5.41 Å². The zero-order valence-electron chi connectivity index (χ0n) is 12.8. The lowest BCUT2D eigenvalue weighted by atomic mass is 9.93. The number of aromatic carboxylic acids is 1. The zero-order valence-corrected chi connectivity index (χ0v) is 12.8. The maximum atomic E-state index is 11.8. The molecule has 0 aliphatic carbocycles. The number of aromatic nitrogens is 1. The van der Waals surface area contributed by atoms with Gasteiger partial charge in [0.05, 0.1) is 11.9 Å². The molecule has 2 amide bonds. The molecule has 0 aliphatic heterocycles. The van der Waals surface area contributed by atoms with Gasteiger partial charge in [0.1, 0.15) is 5.69 Å². The number of carbonyl (C=O) groups excluding carboxylic acids is 1. The van der Waals surface area contributed by atoms with Gasteiger partial charge >= 0.3 is 12.0 Å². The summed E-state index contributed by atoms with van der Waals surface area (Å²) in [6.07, 6.45) is 1.31. The quantitative estimate of drug-likeness (QED) is 0.739. The second-order valence-corrected chi connectivity index (χ2v) is 5.95. The molecule has 3 N–H and O–H groups in total. The van der Waals surface area contributed by atoms with Crippen LogP contribution in [0.5, 0.6) is 0 Å². The van der Waals surface area contributed by atoms with E-state index in [4.69, 9.17) is 5.11 Å². The van der Waals surface area contributed by atoms with Crippen molar-refractivity contribution in [2.45, 2.75) is 13.8 Å². The number of pyridine rings is 1. The van der Waals surface area contributed by atoms with Gasteiger partial charge < -0.3 is 20.6 Å². The Morgan fingerprint density at radius 3 is 2.48 bits per heavy atom. The lowest BCUT2D eigenvalue weighted by Crippen LogP contribution is -2.41. The third kappa shape index (κ3) is 6.22. The van der Waals surface area contributed by atoms with Gasteiger partial charge in [0, 0.05) is 13.1 Å². The van der Waals surface area contributed by atoms with Crippen LogP contribution < -0.4 is 10.6 Å². The van der Waals surface area contributed by atoms with Crippen molar-refractivity contribution >= 4 is 17.7 Å². The van der Waals surface area contributed by atoms with Gasteiger partial charge in [-0.25, -0.2) is 14.6 Å². The number of carbonyl (C=O) groups is 2. The third-order valence-electron chi connectivity index (χ3n) is 2.71. The van der Waals surface area contributed by atoms with Crippen molar-refractivity contribution in [3.05, 3.63) is 24.0 Å². The highest BCUT2D eigenvalue weighted by molar-refractivity contribution is 5.90. The number of amides is 2. The van der Waals surface area contributed by atoms with Gasteiger partial charge in [-0.05, 0) is 31.6 Å². The van der Waals surface area contributed by atoms with Gasteiger partial charge in [-0.15, -0.1) is 0 Å². The van der Waals surface area contributed by atoms with Crippen molar-refractivity contribution < 1.29 is 14.7 Å². The summed E-state index contributed by atoms with van der Waals surface area (Å²) in [7, 11) is 3.97. The van der Waals surface area contributed by atoms with Gasteiger partial charge in [-0.2, -0.15) is 0 Å². The van der Waals surface area contributed by atoms with Crippen LogP contribution in [-0.2, 0) is 0 Å². The average molecular weight is 294 g/mol. The SMILES string of the molecule is CN(C)CC(C)(C)CNC(=O)Nc1ccc(C(=O)O)nc1. The molecule has 0 saturated heterocycles. The Balaban J connectivity index is 2.48. The van der Waals surface area contributed by atoms with Crippen molar-refractivity contribution in [1.29, 1.82) is 0 Å². The zero-order chi connectivity index (χ0) is 16.0. The van der Waals surface area contributed by atoms with Crippen LogP contribution in [0.1, 0.15) is 24.3 Å². The predicted molar refractivity (Wildman–Crippen MR) is 80.6 cm³/mol. The van der Waals surface area contributed by atoms with Gasteiger partial charge in [-0.1, -0.05) is 13.8 Å². The highest BCUT2D eigenvalue weighted by Crippen LogP contribution is 2.14. The van der Waals surface area contributed by atoms with E-state index in [9.17, 15) is 9.59 Å². The predicted octanol–water partition coefficient (Wildman–Crippen LogP) is 1.49. The summed E-state index contributed by atoms with van der Waals surface area (Å²) in [5.74, 6) is -1.10. The minimum atomic E-state index is -1.10. The largest absolute Gasteiger partial charge is 0.477 e. The topological polar surface area (TPSA) is 94.6 Å². The number of nitrogens with zero attached hydrogens (tertiary/aromatic N) is 2. The minimum absolute atomic E-state index is 0.0494. The molecule has 0 saturated carbocycles. The number of hydrogen-bond acceptors (Lipinski definition) is 4. The molecule has 0 aromatic carbocycles. The summed E-state index contributed by atoms with van der Waals surface area (Å²) in [4.78, 5) is 28.2. The molecule has 0 fully saturated rings. The average Bonchev–Trinajstić information content (AvgIpc) is 2.36. The van der Waals surface area contributed by atoms with Crippen LogP contribution in [0.4, 0.5) is 10.5 Å². The summed E-state index contributed by atoms with van der Waals surface area (Å²) in [5, 5.41) is 14.1. The summed E-state index contributed by atoms with van der Waals surface area (Å²) < 4.78 is 0. The maximum Gasteiger partial charge on any atom is 0.354 e. The number of hydrogen-bond donors (Lipinski definition) is 3. The Hall–Kier alpha value is -2.15. The Bertz CT molecular complexity index is 497. The van der Waals surface area contributed by atoms with E-state index in [-0.39, 0.29) is 17.1 Å². The molecule has 0 unspecified atom stereocenters. The van der Waals surface area contributed by atoms with Crippen LogP contribution in [0.3, 0.4) is 0 Å². The van der Waals surface area contributed by atoms with Crippen molar-refractivity contribution in [3.63, 3.8) is 0 Å². The van der Waals surface area contributed by atoms with Crippen LogP contribution in [0.15, 0.2) is 18.3 Å². The fraction of sp³-hybridized carbons (Fsp3) is 0.500. The van der Waals surface area contributed by atoms with Crippen LogP contribution >= 0.6 is 0 Å². The smallest absolute Gasteiger partial charge is 0.354 e. The van der Waals surface area contributed by atoms with Crippen molar-refractivity contribution in [2.24, 2.45) is 5.41 Å². The first kappa shape index (κ1) is 16.9. The van der Waals surface area contributed by atoms with E-state index in [1.165, 1.54) is 18.3 Å². The molecule has 1 aromatic heterocycles. The molecule has 0 bridgehead atoms. The summed E-state index contributed by atoms with van der Waals surface area (Å²) in [5.41, 5.74) is 0.336. The fourth-order valence-electron chi connectivity index (χ4n) is 2.00. The molecule has 1 rings (SSSR count). The van der Waals surface area contributed by atoms with Gasteiger partial charge in [-0.3, -0.25) is 0 Å². The Labute approximate surface area is 124 Å². The maximum absolute atomic E-state index is 11.8. The highest BCUT2D eigenvalue weighted by atomic mass is 16.4. The lowest BCUT2D eigenvalue weighted by Gasteiger charge is -2.28. The number of nitrogens with one attached hydrogen (secondary N) is 2. The molecule has 21 heavy (non-hydrogen) atoms. The molecule has 116 valence electrons. The number of urea groups is 1. The normalized spacial score (nSPS) is 11.3. The first-order chi connectivity index (χ1) is 9.69. The van der Waals surface area contributed by atoms with E-state index >= 15 is 0 Å². The van der Waals surface area contributed by atoms with E-state index in [0.29, 0.717) is 12.2 Å². The molecule has 1 heterocycles. The van der Waals surface area contributed by atoms with Gasteiger partial charge in [0.25, 0.3) is 0 Å². The van der Waals surface area contributed by atoms with Gasteiger partial charge in [0.2, 0.25) is 0 Å². The highest BCUT2D eigenvalue weighted by Gasteiger charge is 2.19. The van der Waals surface area contributed by atoms with E-state index in [0.717, 1.165) is 6.54 Å². The summed E-state index contributed by atoms with van der Waals surface area (Å²) in [6.45, 7) is 5.51. The number of anilines is 1. The van der Waals surface area contributed by atoms with Crippen LogP contribution in [0.2, 0.25) is 0 Å². The van der Waals surface area contributed by atoms with Crippen molar-refractivity contribution in [3.8, 4) is 0 Å².